The SMILES string of the molecule is CC(C)C(=O)N1CCn2c(nnc2[C@@H]2C[C@H](O)CN2Cc2ccc3[nH]ccc3c2)C1. The van der Waals surface area contributed by atoms with Crippen LogP contribution in [0.4, 0.5) is 0 Å². The molecule has 1 aromatic carbocycles. The van der Waals surface area contributed by atoms with Crippen molar-refractivity contribution in [3.05, 3.63) is 47.7 Å². The Bertz CT molecular complexity index is 1070. The number of rotatable bonds is 4. The van der Waals surface area contributed by atoms with Gasteiger partial charge in [-0.15, -0.1) is 10.2 Å². The van der Waals surface area contributed by atoms with Crippen LogP contribution < -0.4 is 0 Å². The highest BCUT2D eigenvalue weighted by Crippen LogP contribution is 2.34. The van der Waals surface area contributed by atoms with Crippen LogP contribution in [0.5, 0.6) is 0 Å². The van der Waals surface area contributed by atoms with Crippen LogP contribution in [0, 0.1) is 5.92 Å². The molecule has 1 fully saturated rings. The highest BCUT2D eigenvalue weighted by Gasteiger charge is 2.37. The first-order valence-corrected chi connectivity index (χ1v) is 10.7. The van der Waals surface area contributed by atoms with E-state index >= 15 is 0 Å². The number of nitrogens with zero attached hydrogens (tertiary/aromatic N) is 5. The molecule has 2 N–H and O–H groups in total. The van der Waals surface area contributed by atoms with Gasteiger partial charge in [0.15, 0.2) is 11.6 Å². The molecule has 0 aliphatic carbocycles. The van der Waals surface area contributed by atoms with Crippen molar-refractivity contribution in [3.63, 3.8) is 0 Å². The molecule has 0 bridgehead atoms. The van der Waals surface area contributed by atoms with Crippen molar-refractivity contribution in [2.75, 3.05) is 13.1 Å². The molecule has 2 atom stereocenters. The average Bonchev–Trinajstić information content (AvgIpc) is 3.44. The highest BCUT2D eigenvalue weighted by atomic mass is 16.3. The molecule has 8 heteroatoms. The highest BCUT2D eigenvalue weighted by molar-refractivity contribution is 5.80. The lowest BCUT2D eigenvalue weighted by Gasteiger charge is -2.31. The molecule has 0 spiro atoms. The average molecular weight is 409 g/mol. The van der Waals surface area contributed by atoms with Gasteiger partial charge >= 0.3 is 0 Å². The molecule has 1 saturated heterocycles. The quantitative estimate of drug-likeness (QED) is 0.690. The van der Waals surface area contributed by atoms with Crippen LogP contribution in [0.3, 0.4) is 0 Å². The summed E-state index contributed by atoms with van der Waals surface area (Å²) < 4.78 is 2.15. The smallest absolute Gasteiger partial charge is 0.225 e. The van der Waals surface area contributed by atoms with Crippen LogP contribution in [0.1, 0.15) is 43.5 Å². The van der Waals surface area contributed by atoms with Gasteiger partial charge in [-0.25, -0.2) is 0 Å². The molecule has 8 nitrogen and oxygen atoms in total. The first-order chi connectivity index (χ1) is 14.5. The van der Waals surface area contributed by atoms with Crippen molar-refractivity contribution in [2.45, 2.75) is 52.0 Å². The number of fused-ring (bicyclic) bond motifs is 2. The topological polar surface area (TPSA) is 90.3 Å². The number of aromatic amines is 1. The number of aromatic nitrogens is 4. The standard InChI is InChI=1S/C22H28N6O2/c1-14(2)22(30)26-7-8-28-20(13-26)24-25-21(28)19-10-17(29)12-27(19)11-15-3-4-18-16(9-15)5-6-23-18/h3-6,9,14,17,19,23,29H,7-8,10-13H2,1-2H3/t17-,19-/m0/s1. The summed E-state index contributed by atoms with van der Waals surface area (Å²) in [5.74, 6) is 1.88. The first-order valence-electron chi connectivity index (χ1n) is 10.7. The molecule has 0 saturated carbocycles. The molecule has 3 aromatic rings. The van der Waals surface area contributed by atoms with Crippen LogP contribution in [-0.4, -0.2) is 59.8 Å². The Kier molecular flexibility index (Phi) is 4.83. The summed E-state index contributed by atoms with van der Waals surface area (Å²) in [6.07, 6.45) is 2.23. The first kappa shape index (κ1) is 19.3. The predicted octanol–water partition coefficient (Wildman–Crippen LogP) is 2.07. The van der Waals surface area contributed by atoms with E-state index in [2.05, 4.69) is 48.9 Å². The van der Waals surface area contributed by atoms with Crippen molar-refractivity contribution in [1.82, 2.24) is 29.5 Å². The number of carbonyl (C=O) groups excluding carboxylic acids is 1. The third kappa shape index (κ3) is 3.40. The molecule has 0 radical (unpaired) electrons. The summed E-state index contributed by atoms with van der Waals surface area (Å²) in [6.45, 7) is 7.11. The van der Waals surface area contributed by atoms with Crippen molar-refractivity contribution in [1.29, 1.82) is 0 Å². The third-order valence-electron chi connectivity index (χ3n) is 6.27. The maximum atomic E-state index is 12.4. The Labute approximate surface area is 175 Å². The van der Waals surface area contributed by atoms with Gasteiger partial charge in [-0.05, 0) is 35.6 Å². The number of nitrogens with one attached hydrogen (secondary N) is 1. The van der Waals surface area contributed by atoms with Crippen LogP contribution in [-0.2, 0) is 24.4 Å². The van der Waals surface area contributed by atoms with E-state index < -0.39 is 0 Å². The normalized spacial score (nSPS) is 22.2. The molecule has 4 heterocycles. The fraction of sp³-hybridized carbons (Fsp3) is 0.500. The van der Waals surface area contributed by atoms with E-state index in [-0.39, 0.29) is 24.0 Å². The van der Waals surface area contributed by atoms with Gasteiger partial charge in [0.25, 0.3) is 0 Å². The maximum Gasteiger partial charge on any atom is 0.225 e. The fourth-order valence-electron chi connectivity index (χ4n) is 4.74. The molecule has 30 heavy (non-hydrogen) atoms. The monoisotopic (exact) mass is 408 g/mol. The van der Waals surface area contributed by atoms with E-state index in [1.165, 1.54) is 10.9 Å². The van der Waals surface area contributed by atoms with Crippen LogP contribution in [0.15, 0.2) is 30.5 Å². The summed E-state index contributed by atoms with van der Waals surface area (Å²) >= 11 is 0. The van der Waals surface area contributed by atoms with Gasteiger partial charge in [-0.3, -0.25) is 9.69 Å². The zero-order chi connectivity index (χ0) is 20.8. The number of aliphatic hydroxyl groups excluding tert-OH is 1. The molecular formula is C22H28N6O2. The van der Waals surface area contributed by atoms with Gasteiger partial charge in [0, 0.05) is 43.8 Å². The van der Waals surface area contributed by atoms with E-state index in [9.17, 15) is 9.90 Å². The Morgan fingerprint density at radius 2 is 2.13 bits per heavy atom. The van der Waals surface area contributed by atoms with Crippen LogP contribution in [0.25, 0.3) is 10.9 Å². The Morgan fingerprint density at radius 1 is 1.27 bits per heavy atom. The van der Waals surface area contributed by atoms with Gasteiger partial charge < -0.3 is 19.6 Å². The minimum absolute atomic E-state index is 0.0169. The van der Waals surface area contributed by atoms with Gasteiger partial charge in [-0.1, -0.05) is 19.9 Å². The van der Waals surface area contributed by atoms with E-state index in [1.807, 2.05) is 24.9 Å². The van der Waals surface area contributed by atoms with E-state index in [1.54, 1.807) is 0 Å². The second kappa shape index (κ2) is 7.52. The fourth-order valence-corrected chi connectivity index (χ4v) is 4.74. The van der Waals surface area contributed by atoms with E-state index in [0.29, 0.717) is 32.6 Å². The Hall–Kier alpha value is -2.71. The molecule has 0 unspecified atom stereocenters. The lowest BCUT2D eigenvalue weighted by Crippen LogP contribution is -2.41. The summed E-state index contributed by atoms with van der Waals surface area (Å²) in [5.41, 5.74) is 2.34. The number of amides is 1. The van der Waals surface area contributed by atoms with Crippen LogP contribution >= 0.6 is 0 Å². The second-order valence-electron chi connectivity index (χ2n) is 8.77. The number of benzene rings is 1. The number of carbonyl (C=O) groups is 1. The van der Waals surface area contributed by atoms with Crippen molar-refractivity contribution in [2.24, 2.45) is 5.92 Å². The van der Waals surface area contributed by atoms with E-state index in [4.69, 9.17) is 0 Å². The number of H-pyrrole nitrogens is 1. The van der Waals surface area contributed by atoms with Gasteiger partial charge in [-0.2, -0.15) is 0 Å². The van der Waals surface area contributed by atoms with Crippen LogP contribution in [0.2, 0.25) is 0 Å². The summed E-state index contributed by atoms with van der Waals surface area (Å²) in [4.78, 5) is 19.8. The maximum absolute atomic E-state index is 12.4. The largest absolute Gasteiger partial charge is 0.392 e. The summed E-state index contributed by atoms with van der Waals surface area (Å²) in [7, 11) is 0. The van der Waals surface area contributed by atoms with Crippen molar-refractivity contribution in [3.8, 4) is 0 Å². The number of hydrogen-bond acceptors (Lipinski definition) is 5. The lowest BCUT2D eigenvalue weighted by molar-refractivity contribution is -0.136. The van der Waals surface area contributed by atoms with Gasteiger partial charge in [0.05, 0.1) is 18.7 Å². The number of likely N-dealkylation sites (tertiary alicyclic amines) is 1. The molecule has 5 rings (SSSR count). The number of aliphatic hydroxyl groups is 1. The predicted molar refractivity (Wildman–Crippen MR) is 112 cm³/mol. The second-order valence-corrected chi connectivity index (χ2v) is 8.77. The minimum Gasteiger partial charge on any atom is -0.392 e. The number of hydrogen-bond donors (Lipinski definition) is 2. The Morgan fingerprint density at radius 3 is 2.97 bits per heavy atom. The molecule has 1 amide bonds. The van der Waals surface area contributed by atoms with Crippen molar-refractivity contribution < 1.29 is 9.90 Å². The number of β-amino-alcohol motifs (C(OH)–C–C–N with tert-alkyl or cyclic N) is 1. The minimum atomic E-state index is -0.374. The zero-order valence-corrected chi connectivity index (χ0v) is 17.5. The molecular weight excluding hydrogens is 380 g/mol. The van der Waals surface area contributed by atoms with E-state index in [0.717, 1.165) is 23.7 Å². The Balaban J connectivity index is 1.37. The molecule has 2 aromatic heterocycles. The van der Waals surface area contributed by atoms with Gasteiger partial charge in [0.1, 0.15) is 0 Å². The third-order valence-corrected chi connectivity index (χ3v) is 6.27. The summed E-state index contributed by atoms with van der Waals surface area (Å²) in [5, 5.41) is 20.5. The summed E-state index contributed by atoms with van der Waals surface area (Å²) in [6, 6.07) is 8.53. The molecule has 158 valence electrons. The lowest BCUT2D eigenvalue weighted by atomic mass is 10.1. The van der Waals surface area contributed by atoms with Crippen molar-refractivity contribution >= 4 is 16.8 Å². The van der Waals surface area contributed by atoms with Gasteiger partial charge in [0.2, 0.25) is 5.91 Å². The molecule has 2 aliphatic rings. The molecule has 2 aliphatic heterocycles. The zero-order valence-electron chi connectivity index (χ0n) is 17.5.